The van der Waals surface area contributed by atoms with E-state index in [-0.39, 0.29) is 18.3 Å². The fourth-order valence-corrected chi connectivity index (χ4v) is 2.03. The summed E-state index contributed by atoms with van der Waals surface area (Å²) < 4.78 is 5.47. The Morgan fingerprint density at radius 3 is 2.10 bits per heavy atom. The van der Waals surface area contributed by atoms with Crippen LogP contribution in [0.4, 0.5) is 0 Å². The lowest BCUT2D eigenvalue weighted by Crippen LogP contribution is -2.10. The SMILES string of the molecule is C.CC#CC(C)(C)C.CC(C)(C)c1ccc2c(c1)CCO2. The molecule has 1 nitrogen and oxygen atoms in total. The zero-order valence-corrected chi connectivity index (χ0v) is 14.1. The van der Waals surface area contributed by atoms with Crippen molar-refractivity contribution in [2.75, 3.05) is 6.61 Å². The molecule has 1 aliphatic rings. The summed E-state index contributed by atoms with van der Waals surface area (Å²) in [7, 11) is 0. The van der Waals surface area contributed by atoms with Crippen molar-refractivity contribution >= 4 is 0 Å². The maximum absolute atomic E-state index is 5.47. The van der Waals surface area contributed by atoms with Gasteiger partial charge >= 0.3 is 0 Å². The summed E-state index contributed by atoms with van der Waals surface area (Å²) in [4.78, 5) is 0. The molecule has 0 aromatic heterocycles. The van der Waals surface area contributed by atoms with Crippen LogP contribution >= 0.6 is 0 Å². The highest BCUT2D eigenvalue weighted by atomic mass is 16.5. The highest BCUT2D eigenvalue weighted by molar-refractivity contribution is 5.41. The van der Waals surface area contributed by atoms with E-state index in [1.54, 1.807) is 0 Å². The molecule has 1 aromatic rings. The van der Waals surface area contributed by atoms with Crippen LogP contribution in [0.25, 0.3) is 0 Å². The molecule has 1 aromatic carbocycles. The van der Waals surface area contributed by atoms with Gasteiger partial charge in [-0.25, -0.2) is 0 Å². The first-order valence-corrected chi connectivity index (χ1v) is 7.33. The van der Waals surface area contributed by atoms with Crippen molar-refractivity contribution in [1.82, 2.24) is 0 Å². The molecule has 0 aliphatic carbocycles. The van der Waals surface area contributed by atoms with Crippen LogP contribution in [0.2, 0.25) is 0 Å². The molecule has 0 radical (unpaired) electrons. The fraction of sp³-hybridized carbons (Fsp3) is 0.600. The Morgan fingerprint density at radius 1 is 1.05 bits per heavy atom. The largest absolute Gasteiger partial charge is 0.493 e. The molecule has 2 rings (SSSR count). The van der Waals surface area contributed by atoms with Gasteiger partial charge in [-0.05, 0) is 50.3 Å². The first kappa shape index (κ1) is 19.6. The van der Waals surface area contributed by atoms with Crippen LogP contribution in [-0.4, -0.2) is 6.61 Å². The highest BCUT2D eigenvalue weighted by Gasteiger charge is 2.18. The van der Waals surface area contributed by atoms with Gasteiger partial charge in [-0.2, -0.15) is 0 Å². The predicted octanol–water partition coefficient (Wildman–Crippen LogP) is 5.61. The molecule has 0 saturated heterocycles. The molecule has 0 amide bonds. The van der Waals surface area contributed by atoms with E-state index in [4.69, 9.17) is 4.74 Å². The summed E-state index contributed by atoms with van der Waals surface area (Å²) in [5.74, 6) is 6.97. The number of rotatable bonds is 0. The van der Waals surface area contributed by atoms with Crippen molar-refractivity contribution in [3.05, 3.63) is 29.3 Å². The van der Waals surface area contributed by atoms with Crippen LogP contribution in [0, 0.1) is 17.3 Å². The van der Waals surface area contributed by atoms with Crippen molar-refractivity contribution in [1.29, 1.82) is 0 Å². The first-order chi connectivity index (χ1) is 9.13. The van der Waals surface area contributed by atoms with Crippen LogP contribution in [0.15, 0.2) is 18.2 Å². The van der Waals surface area contributed by atoms with Crippen molar-refractivity contribution < 1.29 is 4.74 Å². The zero-order chi connectivity index (χ0) is 15.4. The number of hydrogen-bond donors (Lipinski definition) is 0. The quantitative estimate of drug-likeness (QED) is 0.564. The van der Waals surface area contributed by atoms with E-state index >= 15 is 0 Å². The van der Waals surface area contributed by atoms with Gasteiger partial charge in [-0.3, -0.25) is 0 Å². The summed E-state index contributed by atoms with van der Waals surface area (Å²) in [5.41, 5.74) is 3.20. The molecule has 0 atom stereocenters. The monoisotopic (exact) mass is 288 g/mol. The van der Waals surface area contributed by atoms with Crippen LogP contribution in [0.3, 0.4) is 0 Å². The van der Waals surface area contributed by atoms with Crippen molar-refractivity contribution in [2.24, 2.45) is 5.41 Å². The predicted molar refractivity (Wildman–Crippen MR) is 94.0 cm³/mol. The van der Waals surface area contributed by atoms with E-state index in [0.717, 1.165) is 18.8 Å². The highest BCUT2D eigenvalue weighted by Crippen LogP contribution is 2.30. The van der Waals surface area contributed by atoms with E-state index in [2.05, 4.69) is 71.6 Å². The minimum atomic E-state index is 0. The molecular weight excluding hydrogens is 256 g/mol. The first-order valence-electron chi connectivity index (χ1n) is 7.33. The average Bonchev–Trinajstić information content (AvgIpc) is 2.73. The van der Waals surface area contributed by atoms with Gasteiger partial charge in [-0.1, -0.05) is 46.3 Å². The van der Waals surface area contributed by atoms with Crippen molar-refractivity contribution in [3.63, 3.8) is 0 Å². The zero-order valence-electron chi connectivity index (χ0n) is 14.1. The van der Waals surface area contributed by atoms with Gasteiger partial charge in [0.05, 0.1) is 6.61 Å². The summed E-state index contributed by atoms with van der Waals surface area (Å²) in [6, 6.07) is 6.55. The molecule has 1 heteroatoms. The third kappa shape index (κ3) is 6.71. The molecule has 0 N–H and O–H groups in total. The van der Waals surface area contributed by atoms with Gasteiger partial charge in [0, 0.05) is 11.8 Å². The Morgan fingerprint density at radius 2 is 1.67 bits per heavy atom. The van der Waals surface area contributed by atoms with Gasteiger partial charge in [0.15, 0.2) is 0 Å². The lowest BCUT2D eigenvalue weighted by Gasteiger charge is -2.19. The molecule has 21 heavy (non-hydrogen) atoms. The van der Waals surface area contributed by atoms with Crippen molar-refractivity contribution in [2.45, 2.75) is 67.7 Å². The lowest BCUT2D eigenvalue weighted by atomic mass is 9.86. The molecule has 0 saturated carbocycles. The molecule has 1 aliphatic heterocycles. The second-order valence-corrected chi connectivity index (χ2v) is 7.30. The molecule has 0 spiro atoms. The van der Waals surface area contributed by atoms with Gasteiger partial charge in [-0.15, -0.1) is 5.92 Å². The molecule has 118 valence electrons. The minimum absolute atomic E-state index is 0. The van der Waals surface area contributed by atoms with Crippen molar-refractivity contribution in [3.8, 4) is 17.6 Å². The van der Waals surface area contributed by atoms with E-state index in [1.165, 1.54) is 11.1 Å². The van der Waals surface area contributed by atoms with Gasteiger partial charge in [0.1, 0.15) is 5.75 Å². The number of fused-ring (bicyclic) bond motifs is 1. The Bertz CT molecular complexity index is 501. The standard InChI is InChI=1S/C12H16O.C7H12.CH4/c1-12(2,3)10-4-5-11-9(8-10)6-7-13-11;1-5-6-7(2,3)4;/h4-5,8H,6-7H2,1-3H3;1-4H3;1H4. The van der Waals surface area contributed by atoms with E-state index < -0.39 is 0 Å². The maximum Gasteiger partial charge on any atom is 0.122 e. The Labute approximate surface area is 132 Å². The smallest absolute Gasteiger partial charge is 0.122 e. The topological polar surface area (TPSA) is 9.23 Å². The average molecular weight is 288 g/mol. The van der Waals surface area contributed by atoms with Gasteiger partial charge in [0.2, 0.25) is 0 Å². The Hall–Kier alpha value is -1.42. The second-order valence-electron chi connectivity index (χ2n) is 7.30. The summed E-state index contributed by atoms with van der Waals surface area (Å²) in [6.07, 6.45) is 1.07. The second kappa shape index (κ2) is 7.55. The summed E-state index contributed by atoms with van der Waals surface area (Å²) in [5, 5.41) is 0. The van der Waals surface area contributed by atoms with E-state index in [9.17, 15) is 0 Å². The van der Waals surface area contributed by atoms with Gasteiger partial charge in [0.25, 0.3) is 0 Å². The normalized spacial score (nSPS) is 12.7. The van der Waals surface area contributed by atoms with E-state index in [1.807, 2.05) is 6.92 Å². The van der Waals surface area contributed by atoms with E-state index in [0.29, 0.717) is 0 Å². The molecule has 0 bridgehead atoms. The Kier molecular flexibility index (Phi) is 7.04. The van der Waals surface area contributed by atoms with Crippen LogP contribution in [0.5, 0.6) is 5.75 Å². The molecule has 0 unspecified atom stereocenters. The maximum atomic E-state index is 5.47. The minimum Gasteiger partial charge on any atom is -0.493 e. The molecule has 0 fully saturated rings. The van der Waals surface area contributed by atoms with Gasteiger partial charge < -0.3 is 4.74 Å². The van der Waals surface area contributed by atoms with Crippen LogP contribution in [-0.2, 0) is 11.8 Å². The Balaban J connectivity index is 0.000000436. The lowest BCUT2D eigenvalue weighted by molar-refractivity contribution is 0.356. The summed E-state index contributed by atoms with van der Waals surface area (Å²) in [6.45, 7) is 15.7. The number of ether oxygens (including phenoxy) is 1. The number of benzene rings is 1. The molecular formula is C20H32O. The van der Waals surface area contributed by atoms with Crippen LogP contribution in [0.1, 0.15) is 67.0 Å². The third-order valence-corrected chi connectivity index (χ3v) is 3.06. The third-order valence-electron chi connectivity index (χ3n) is 3.06. The van der Waals surface area contributed by atoms with Crippen LogP contribution < -0.4 is 4.74 Å². The summed E-state index contributed by atoms with van der Waals surface area (Å²) >= 11 is 0. The number of hydrogen-bond acceptors (Lipinski definition) is 1. The molecule has 1 heterocycles. The fourth-order valence-electron chi connectivity index (χ4n) is 2.03.